The molecule has 0 radical (unpaired) electrons. The van der Waals surface area contributed by atoms with Crippen LogP contribution in [-0.4, -0.2) is 70.9 Å². The van der Waals surface area contributed by atoms with Crippen LogP contribution in [0, 0.1) is 0 Å². The van der Waals surface area contributed by atoms with E-state index in [9.17, 15) is 13.2 Å². The number of sulfonamides is 1. The summed E-state index contributed by atoms with van der Waals surface area (Å²) in [6.07, 6.45) is 1.52. The Bertz CT molecular complexity index is 645. The topological polar surface area (TPSA) is 79.0 Å². The first-order valence-electron chi connectivity index (χ1n) is 8.55. The van der Waals surface area contributed by atoms with Crippen molar-refractivity contribution in [2.24, 2.45) is 0 Å². The van der Waals surface area contributed by atoms with Gasteiger partial charge in [-0.05, 0) is 18.6 Å². The standard InChI is InChI=1S/C17H27N3O4S/c1-3-16(17(21)18-9-10-19-11-13-24-14-12-19)20(25(2,22)23)15-7-5-4-6-8-15/h4-8,16H,3,9-14H2,1-2H3,(H,18,21). The highest BCUT2D eigenvalue weighted by Gasteiger charge is 2.31. The lowest BCUT2D eigenvalue weighted by Crippen LogP contribution is -2.50. The molecule has 1 N–H and O–H groups in total. The number of hydrogen-bond acceptors (Lipinski definition) is 5. The number of para-hydroxylation sites is 1. The molecule has 1 aromatic rings. The second-order valence-corrected chi connectivity index (χ2v) is 7.92. The summed E-state index contributed by atoms with van der Waals surface area (Å²) in [6.45, 7) is 6.16. The maximum absolute atomic E-state index is 12.6. The minimum atomic E-state index is -3.57. The molecular formula is C17H27N3O4S. The molecule has 1 unspecified atom stereocenters. The van der Waals surface area contributed by atoms with Crippen molar-refractivity contribution < 1.29 is 17.9 Å². The molecular weight excluding hydrogens is 342 g/mol. The van der Waals surface area contributed by atoms with E-state index in [1.807, 2.05) is 13.0 Å². The number of ether oxygens (including phenoxy) is 1. The molecule has 1 saturated heterocycles. The molecule has 2 rings (SSSR count). The molecule has 0 aromatic heterocycles. The highest BCUT2D eigenvalue weighted by atomic mass is 32.2. The smallest absolute Gasteiger partial charge is 0.243 e. The first kappa shape index (κ1) is 19.7. The van der Waals surface area contributed by atoms with Crippen LogP contribution in [0.15, 0.2) is 30.3 Å². The van der Waals surface area contributed by atoms with Crippen LogP contribution in [0.2, 0.25) is 0 Å². The van der Waals surface area contributed by atoms with Crippen molar-refractivity contribution in [1.82, 2.24) is 10.2 Å². The summed E-state index contributed by atoms with van der Waals surface area (Å²) in [5.41, 5.74) is 0.500. The molecule has 8 heteroatoms. The number of benzene rings is 1. The Kier molecular flexibility index (Phi) is 7.22. The number of hydrogen-bond donors (Lipinski definition) is 1. The summed E-state index contributed by atoms with van der Waals surface area (Å²) in [7, 11) is -3.57. The van der Waals surface area contributed by atoms with Gasteiger partial charge in [-0.3, -0.25) is 14.0 Å². The number of nitrogens with one attached hydrogen (secondary N) is 1. The Hall–Kier alpha value is -1.64. The average Bonchev–Trinajstić information content (AvgIpc) is 2.60. The predicted octanol–water partition coefficient (Wildman–Crippen LogP) is 0.680. The van der Waals surface area contributed by atoms with Crippen molar-refractivity contribution in [3.05, 3.63) is 30.3 Å². The van der Waals surface area contributed by atoms with Crippen molar-refractivity contribution in [2.75, 3.05) is 50.0 Å². The largest absolute Gasteiger partial charge is 0.379 e. The van der Waals surface area contributed by atoms with Gasteiger partial charge in [0.25, 0.3) is 0 Å². The summed E-state index contributed by atoms with van der Waals surface area (Å²) < 4.78 is 31.1. The molecule has 0 spiro atoms. The molecule has 0 bridgehead atoms. The van der Waals surface area contributed by atoms with Gasteiger partial charge in [0.1, 0.15) is 6.04 Å². The van der Waals surface area contributed by atoms with Gasteiger partial charge >= 0.3 is 0 Å². The molecule has 0 aliphatic carbocycles. The SMILES string of the molecule is CCC(C(=O)NCCN1CCOCC1)N(c1ccccc1)S(C)(=O)=O. The fraction of sp³-hybridized carbons (Fsp3) is 0.588. The summed E-state index contributed by atoms with van der Waals surface area (Å²) >= 11 is 0. The highest BCUT2D eigenvalue weighted by Crippen LogP contribution is 2.21. The molecule has 1 heterocycles. The second kappa shape index (κ2) is 9.17. The van der Waals surface area contributed by atoms with E-state index in [4.69, 9.17) is 4.74 Å². The Morgan fingerprint density at radius 1 is 1.28 bits per heavy atom. The Balaban J connectivity index is 2.02. The fourth-order valence-electron chi connectivity index (χ4n) is 2.91. The van der Waals surface area contributed by atoms with Gasteiger partial charge in [0.15, 0.2) is 0 Å². The van der Waals surface area contributed by atoms with Crippen LogP contribution < -0.4 is 9.62 Å². The van der Waals surface area contributed by atoms with Crippen molar-refractivity contribution in [3.8, 4) is 0 Å². The lowest BCUT2D eigenvalue weighted by Gasteiger charge is -2.31. The molecule has 1 aliphatic heterocycles. The maximum Gasteiger partial charge on any atom is 0.243 e. The molecule has 1 amide bonds. The third kappa shape index (κ3) is 5.69. The van der Waals surface area contributed by atoms with Gasteiger partial charge in [-0.15, -0.1) is 0 Å². The van der Waals surface area contributed by atoms with Gasteiger partial charge < -0.3 is 10.1 Å². The van der Waals surface area contributed by atoms with E-state index >= 15 is 0 Å². The van der Waals surface area contributed by atoms with E-state index in [1.165, 1.54) is 4.31 Å². The summed E-state index contributed by atoms with van der Waals surface area (Å²) in [5, 5.41) is 2.88. The molecule has 7 nitrogen and oxygen atoms in total. The van der Waals surface area contributed by atoms with E-state index in [1.54, 1.807) is 24.3 Å². The molecule has 25 heavy (non-hydrogen) atoms. The van der Waals surface area contributed by atoms with E-state index in [-0.39, 0.29) is 5.91 Å². The highest BCUT2D eigenvalue weighted by molar-refractivity contribution is 7.92. The fourth-order valence-corrected chi connectivity index (χ4v) is 4.13. The molecule has 0 saturated carbocycles. The number of anilines is 1. The number of carbonyl (C=O) groups is 1. The van der Waals surface area contributed by atoms with E-state index in [0.29, 0.717) is 31.9 Å². The van der Waals surface area contributed by atoms with Crippen LogP contribution in [0.3, 0.4) is 0 Å². The third-order valence-electron chi connectivity index (χ3n) is 4.17. The van der Waals surface area contributed by atoms with Gasteiger partial charge in [0.05, 0.1) is 25.2 Å². The van der Waals surface area contributed by atoms with Gasteiger partial charge in [-0.25, -0.2) is 8.42 Å². The van der Waals surface area contributed by atoms with Crippen molar-refractivity contribution >= 4 is 21.6 Å². The second-order valence-electron chi connectivity index (χ2n) is 6.06. The lowest BCUT2D eigenvalue weighted by molar-refractivity contribution is -0.122. The maximum atomic E-state index is 12.6. The number of rotatable bonds is 8. The minimum absolute atomic E-state index is 0.273. The quantitative estimate of drug-likeness (QED) is 0.729. The summed E-state index contributed by atoms with van der Waals surface area (Å²) in [6, 6.07) is 7.97. The van der Waals surface area contributed by atoms with Crippen LogP contribution in [-0.2, 0) is 19.6 Å². The van der Waals surface area contributed by atoms with Crippen LogP contribution in [0.1, 0.15) is 13.3 Å². The normalized spacial score (nSPS) is 17.0. The van der Waals surface area contributed by atoms with E-state index in [0.717, 1.165) is 25.9 Å². The minimum Gasteiger partial charge on any atom is -0.379 e. The monoisotopic (exact) mass is 369 g/mol. The van der Waals surface area contributed by atoms with Gasteiger partial charge in [0, 0.05) is 26.2 Å². The zero-order chi connectivity index (χ0) is 18.3. The Labute approximate surface area is 150 Å². The van der Waals surface area contributed by atoms with Crippen LogP contribution >= 0.6 is 0 Å². The van der Waals surface area contributed by atoms with E-state index in [2.05, 4.69) is 10.2 Å². The molecule has 1 fully saturated rings. The van der Waals surface area contributed by atoms with Crippen molar-refractivity contribution in [3.63, 3.8) is 0 Å². The summed E-state index contributed by atoms with van der Waals surface area (Å²) in [5.74, 6) is -0.273. The van der Waals surface area contributed by atoms with Crippen LogP contribution in [0.25, 0.3) is 0 Å². The average molecular weight is 369 g/mol. The zero-order valence-corrected chi connectivity index (χ0v) is 15.7. The number of morpholine rings is 1. The van der Waals surface area contributed by atoms with Crippen molar-refractivity contribution in [2.45, 2.75) is 19.4 Å². The van der Waals surface area contributed by atoms with E-state index < -0.39 is 16.1 Å². The number of nitrogens with zero attached hydrogens (tertiary/aromatic N) is 2. The van der Waals surface area contributed by atoms with Crippen LogP contribution in [0.5, 0.6) is 0 Å². The molecule has 140 valence electrons. The van der Waals surface area contributed by atoms with Crippen molar-refractivity contribution in [1.29, 1.82) is 0 Å². The van der Waals surface area contributed by atoms with Crippen LogP contribution in [0.4, 0.5) is 5.69 Å². The predicted molar refractivity (Wildman–Crippen MR) is 98.1 cm³/mol. The lowest BCUT2D eigenvalue weighted by atomic mass is 10.2. The third-order valence-corrected chi connectivity index (χ3v) is 5.35. The zero-order valence-electron chi connectivity index (χ0n) is 14.8. The Morgan fingerprint density at radius 2 is 1.92 bits per heavy atom. The number of carbonyl (C=O) groups excluding carboxylic acids is 1. The van der Waals surface area contributed by atoms with Gasteiger partial charge in [0.2, 0.25) is 15.9 Å². The summed E-state index contributed by atoms with van der Waals surface area (Å²) in [4.78, 5) is 14.8. The van der Waals surface area contributed by atoms with Gasteiger partial charge in [-0.1, -0.05) is 25.1 Å². The molecule has 1 aromatic carbocycles. The first-order chi connectivity index (χ1) is 11.9. The molecule has 1 atom stereocenters. The first-order valence-corrected chi connectivity index (χ1v) is 10.4. The van der Waals surface area contributed by atoms with Gasteiger partial charge in [-0.2, -0.15) is 0 Å². The molecule has 1 aliphatic rings. The number of amides is 1. The Morgan fingerprint density at radius 3 is 2.48 bits per heavy atom.